The number of nitrogens with one attached hydrogen (secondary N) is 1. The van der Waals surface area contributed by atoms with Gasteiger partial charge in [-0.05, 0) is 44.2 Å². The number of benzene rings is 1. The Morgan fingerprint density at radius 2 is 1.83 bits per heavy atom. The Morgan fingerprint density at radius 3 is 2.48 bits per heavy atom. The number of amides is 1. The number of hydrogen-bond donors (Lipinski definition) is 1. The van der Waals surface area contributed by atoms with Crippen LogP contribution in [0.1, 0.15) is 51.4 Å². The summed E-state index contributed by atoms with van der Waals surface area (Å²) in [6.07, 6.45) is 10.1. The third kappa shape index (κ3) is 4.69. The van der Waals surface area contributed by atoms with Crippen molar-refractivity contribution in [2.24, 2.45) is 0 Å². The maximum Gasteiger partial charge on any atom is 0.236 e. The lowest BCUT2D eigenvalue weighted by atomic mass is 9.83. The van der Waals surface area contributed by atoms with E-state index < -0.39 is 0 Å². The molecule has 3 rings (SSSR count). The Balaban J connectivity index is 1.42. The van der Waals surface area contributed by atoms with Crippen LogP contribution in [-0.2, 0) is 4.79 Å². The Morgan fingerprint density at radius 1 is 1.09 bits per heavy atom. The van der Waals surface area contributed by atoms with Crippen LogP contribution >= 0.6 is 23.5 Å². The van der Waals surface area contributed by atoms with Gasteiger partial charge < -0.3 is 5.32 Å². The predicted molar refractivity (Wildman–Crippen MR) is 101 cm³/mol. The second-order valence-corrected chi connectivity index (χ2v) is 9.50. The molecule has 2 fully saturated rings. The van der Waals surface area contributed by atoms with Gasteiger partial charge in [0, 0.05) is 22.4 Å². The van der Waals surface area contributed by atoms with Crippen LogP contribution in [0.4, 0.5) is 0 Å². The van der Waals surface area contributed by atoms with Crippen LogP contribution in [0.25, 0.3) is 0 Å². The van der Waals surface area contributed by atoms with Crippen molar-refractivity contribution in [3.8, 4) is 0 Å². The largest absolute Gasteiger partial charge is 0.354 e. The topological polar surface area (TPSA) is 29.1 Å². The highest BCUT2D eigenvalue weighted by molar-refractivity contribution is 8.02. The zero-order valence-corrected chi connectivity index (χ0v) is 15.4. The molecule has 2 nitrogen and oxygen atoms in total. The first-order chi connectivity index (χ1) is 11.3. The van der Waals surface area contributed by atoms with Gasteiger partial charge in [0.1, 0.15) is 0 Å². The fourth-order valence-corrected chi connectivity index (χ4v) is 6.11. The lowest BCUT2D eigenvalue weighted by molar-refractivity contribution is -0.125. The van der Waals surface area contributed by atoms with Crippen LogP contribution < -0.4 is 5.32 Å². The Hall–Kier alpha value is -0.610. The second kappa shape index (κ2) is 8.48. The summed E-state index contributed by atoms with van der Waals surface area (Å²) in [5.41, 5.74) is 0. The van der Waals surface area contributed by atoms with Crippen molar-refractivity contribution in [3.63, 3.8) is 0 Å². The molecule has 23 heavy (non-hydrogen) atoms. The molecule has 0 bridgehead atoms. The molecule has 0 saturated heterocycles. The summed E-state index contributed by atoms with van der Waals surface area (Å²) in [4.78, 5) is 14.0. The molecule has 2 saturated carbocycles. The van der Waals surface area contributed by atoms with E-state index in [0.29, 0.717) is 11.2 Å². The van der Waals surface area contributed by atoms with E-state index in [1.807, 2.05) is 29.6 Å². The zero-order chi connectivity index (χ0) is 16.0. The minimum Gasteiger partial charge on any atom is -0.354 e. The van der Waals surface area contributed by atoms with Crippen LogP contribution in [0.5, 0.6) is 0 Å². The molecule has 1 aromatic carbocycles. The number of carbonyl (C=O) groups excluding carboxylic acids is 1. The lowest BCUT2D eigenvalue weighted by Crippen LogP contribution is -2.50. The van der Waals surface area contributed by atoms with Crippen LogP contribution in [0.3, 0.4) is 0 Å². The van der Waals surface area contributed by atoms with E-state index in [2.05, 4.69) is 29.6 Å². The van der Waals surface area contributed by atoms with Gasteiger partial charge in [-0.2, -0.15) is 0 Å². The van der Waals surface area contributed by atoms with E-state index in [9.17, 15) is 4.79 Å². The molecular formula is C19H27NOS2. The van der Waals surface area contributed by atoms with Gasteiger partial charge in [0.25, 0.3) is 0 Å². The Kier molecular flexibility index (Phi) is 6.35. The quantitative estimate of drug-likeness (QED) is 0.562. The average Bonchev–Trinajstić information content (AvgIpc) is 2.57. The Labute approximate surface area is 148 Å². The first-order valence-electron chi connectivity index (χ1n) is 8.92. The van der Waals surface area contributed by atoms with E-state index >= 15 is 0 Å². The first-order valence-corrected chi connectivity index (χ1v) is 10.8. The van der Waals surface area contributed by atoms with E-state index in [1.54, 1.807) is 0 Å². The molecular weight excluding hydrogens is 322 g/mol. The molecule has 126 valence electrons. The zero-order valence-electron chi connectivity index (χ0n) is 13.8. The highest BCUT2D eigenvalue weighted by atomic mass is 32.2. The minimum atomic E-state index is -0.0978. The number of carbonyl (C=O) groups is 1. The van der Waals surface area contributed by atoms with Gasteiger partial charge in [0.15, 0.2) is 0 Å². The summed E-state index contributed by atoms with van der Waals surface area (Å²) < 4.78 is -0.0978. The molecule has 1 N–H and O–H groups in total. The van der Waals surface area contributed by atoms with E-state index in [4.69, 9.17) is 0 Å². The third-order valence-electron chi connectivity index (χ3n) is 4.92. The molecule has 0 unspecified atom stereocenters. The van der Waals surface area contributed by atoms with Crippen molar-refractivity contribution in [2.45, 2.75) is 66.3 Å². The van der Waals surface area contributed by atoms with E-state index in [-0.39, 0.29) is 4.75 Å². The van der Waals surface area contributed by atoms with E-state index in [1.165, 1.54) is 43.4 Å². The number of rotatable bonds is 7. The maximum atomic E-state index is 12.7. The molecule has 4 heteroatoms. The smallest absolute Gasteiger partial charge is 0.236 e. The van der Waals surface area contributed by atoms with Gasteiger partial charge in [-0.1, -0.05) is 37.5 Å². The Bertz CT molecular complexity index is 495. The number of thioether (sulfide) groups is 2. The van der Waals surface area contributed by atoms with Crippen LogP contribution in [-0.4, -0.2) is 28.2 Å². The normalized spacial score (nSPS) is 20.7. The second-order valence-electron chi connectivity index (χ2n) is 6.64. The lowest BCUT2D eigenvalue weighted by Gasteiger charge is -2.42. The summed E-state index contributed by atoms with van der Waals surface area (Å²) >= 11 is 3.81. The maximum absolute atomic E-state index is 12.7. The molecule has 2 aliphatic carbocycles. The summed E-state index contributed by atoms with van der Waals surface area (Å²) in [5.74, 6) is 1.24. The van der Waals surface area contributed by atoms with Crippen LogP contribution in [0.15, 0.2) is 35.2 Å². The van der Waals surface area contributed by atoms with Gasteiger partial charge in [0.2, 0.25) is 5.91 Å². The molecule has 1 aromatic rings. The van der Waals surface area contributed by atoms with Crippen molar-refractivity contribution < 1.29 is 4.79 Å². The van der Waals surface area contributed by atoms with Gasteiger partial charge in [-0.3, -0.25) is 4.79 Å². The average molecular weight is 350 g/mol. The van der Waals surface area contributed by atoms with Crippen molar-refractivity contribution in [1.29, 1.82) is 0 Å². The third-order valence-corrected chi connectivity index (χ3v) is 7.78. The SMILES string of the molecule is O=C(NCCSc1ccccc1)C1(SC2CCCCC2)CCC1. The van der Waals surface area contributed by atoms with Crippen molar-refractivity contribution in [1.82, 2.24) is 5.32 Å². The summed E-state index contributed by atoms with van der Waals surface area (Å²) in [7, 11) is 0. The number of hydrogen-bond acceptors (Lipinski definition) is 3. The highest BCUT2D eigenvalue weighted by Gasteiger charge is 2.46. The molecule has 0 spiro atoms. The van der Waals surface area contributed by atoms with Gasteiger partial charge >= 0.3 is 0 Å². The molecule has 0 atom stereocenters. The fourth-order valence-electron chi connectivity index (χ4n) is 3.41. The molecule has 0 radical (unpaired) electrons. The summed E-state index contributed by atoms with van der Waals surface area (Å²) in [6.45, 7) is 0.769. The monoisotopic (exact) mass is 349 g/mol. The molecule has 1 amide bonds. The molecule has 2 aliphatic rings. The van der Waals surface area contributed by atoms with Crippen LogP contribution in [0.2, 0.25) is 0 Å². The molecule has 0 aromatic heterocycles. The van der Waals surface area contributed by atoms with Crippen molar-refractivity contribution >= 4 is 29.4 Å². The fraction of sp³-hybridized carbons (Fsp3) is 0.632. The molecule has 0 heterocycles. The summed E-state index contributed by atoms with van der Waals surface area (Å²) in [6, 6.07) is 10.4. The van der Waals surface area contributed by atoms with Gasteiger partial charge in [-0.15, -0.1) is 23.5 Å². The van der Waals surface area contributed by atoms with Gasteiger partial charge in [0.05, 0.1) is 4.75 Å². The van der Waals surface area contributed by atoms with Crippen molar-refractivity contribution in [3.05, 3.63) is 30.3 Å². The predicted octanol–water partition coefficient (Wildman–Crippen LogP) is 4.88. The summed E-state index contributed by atoms with van der Waals surface area (Å²) in [5, 5.41) is 3.92. The molecule has 0 aliphatic heterocycles. The first kappa shape index (κ1) is 17.2. The standard InChI is InChI=1S/C19H27NOS2/c21-18(20-14-15-22-16-8-3-1-4-9-16)19(12-7-13-19)23-17-10-5-2-6-11-17/h1,3-4,8-9,17H,2,5-7,10-15H2,(H,20,21). The minimum absolute atomic E-state index is 0.0978. The van der Waals surface area contributed by atoms with Gasteiger partial charge in [-0.25, -0.2) is 0 Å². The van der Waals surface area contributed by atoms with Crippen LogP contribution in [0, 0.1) is 0 Å². The van der Waals surface area contributed by atoms with Crippen molar-refractivity contribution in [2.75, 3.05) is 12.3 Å². The van der Waals surface area contributed by atoms with E-state index in [0.717, 1.165) is 25.1 Å². The highest BCUT2D eigenvalue weighted by Crippen LogP contribution is 2.48.